The summed E-state index contributed by atoms with van der Waals surface area (Å²) >= 11 is 5.04. The van der Waals surface area contributed by atoms with Crippen molar-refractivity contribution in [2.24, 2.45) is 0 Å². The van der Waals surface area contributed by atoms with Gasteiger partial charge in [0.2, 0.25) is 5.91 Å². The van der Waals surface area contributed by atoms with E-state index >= 15 is 0 Å². The fraction of sp³-hybridized carbons (Fsp3) is 0.350. The summed E-state index contributed by atoms with van der Waals surface area (Å²) in [6.07, 6.45) is 5.43. The van der Waals surface area contributed by atoms with Crippen molar-refractivity contribution in [1.29, 1.82) is 0 Å². The van der Waals surface area contributed by atoms with Gasteiger partial charge in [-0.25, -0.2) is 0 Å². The predicted octanol–water partition coefficient (Wildman–Crippen LogP) is 4.31. The molecule has 1 amide bonds. The lowest BCUT2D eigenvalue weighted by Gasteiger charge is -2.32. The first-order valence-corrected chi connectivity index (χ1v) is 10.3. The first-order chi connectivity index (χ1) is 12.6. The second-order valence-corrected chi connectivity index (χ2v) is 8.84. The van der Waals surface area contributed by atoms with Crippen LogP contribution >= 0.6 is 27.3 Å². The molecule has 1 aliphatic rings. The summed E-state index contributed by atoms with van der Waals surface area (Å²) in [7, 11) is 1.71. The number of nitrogens with zero attached hydrogens (tertiary/aromatic N) is 1. The van der Waals surface area contributed by atoms with E-state index < -0.39 is 0 Å². The van der Waals surface area contributed by atoms with Crippen LogP contribution in [0, 0.1) is 0 Å². The minimum Gasteiger partial charge on any atom is -0.496 e. The number of halogens is 1. The Morgan fingerprint density at radius 1 is 1.31 bits per heavy atom. The molecule has 0 bridgehead atoms. The molecule has 4 nitrogen and oxygen atoms in total. The Bertz CT molecular complexity index is 767. The molecule has 1 aromatic heterocycles. The lowest BCUT2D eigenvalue weighted by Crippen LogP contribution is -2.43. The van der Waals surface area contributed by atoms with Crippen molar-refractivity contribution in [3.8, 4) is 5.75 Å². The lowest BCUT2D eigenvalue weighted by molar-refractivity contribution is -0.117. The number of likely N-dealkylation sites (tertiary alicyclic amines) is 1. The number of methoxy groups -OCH3 is 1. The standard InChI is InChI=1S/C20H23BrN2O2S/c1-25-18-5-3-2-4-15(18)14-23-12-10-16(11-13-23)22-20(24)9-7-17-6-8-19(21)26-17/h2-9,16H,10-14H2,1H3,(H,22,24)/b9-7+. The number of carbonyl (C=O) groups is 1. The molecule has 1 N–H and O–H groups in total. The summed E-state index contributed by atoms with van der Waals surface area (Å²) in [6, 6.07) is 12.4. The SMILES string of the molecule is COc1ccccc1CN1CCC(NC(=O)/C=C/c2ccc(Br)s2)CC1. The number of hydrogen-bond acceptors (Lipinski definition) is 4. The second-order valence-electron chi connectivity index (χ2n) is 6.35. The normalized spacial score (nSPS) is 16.1. The van der Waals surface area contributed by atoms with Gasteiger partial charge in [-0.2, -0.15) is 0 Å². The molecule has 1 aliphatic heterocycles. The van der Waals surface area contributed by atoms with Gasteiger partial charge in [0.1, 0.15) is 5.75 Å². The molecule has 1 saturated heterocycles. The van der Waals surface area contributed by atoms with Crippen LogP contribution in [0.1, 0.15) is 23.3 Å². The van der Waals surface area contributed by atoms with E-state index in [-0.39, 0.29) is 11.9 Å². The molecule has 3 rings (SSSR count). The molecule has 0 saturated carbocycles. The Morgan fingerprint density at radius 2 is 2.08 bits per heavy atom. The third-order valence-corrected chi connectivity index (χ3v) is 6.10. The van der Waals surface area contributed by atoms with Crippen LogP contribution in [0.4, 0.5) is 0 Å². The zero-order valence-corrected chi connectivity index (χ0v) is 17.2. The largest absolute Gasteiger partial charge is 0.496 e. The molecule has 0 radical (unpaired) electrons. The second kappa shape index (κ2) is 9.35. The highest BCUT2D eigenvalue weighted by atomic mass is 79.9. The average molecular weight is 435 g/mol. The van der Waals surface area contributed by atoms with Crippen molar-refractivity contribution < 1.29 is 9.53 Å². The number of carbonyl (C=O) groups excluding carboxylic acids is 1. The van der Waals surface area contributed by atoms with E-state index in [0.717, 1.165) is 46.9 Å². The van der Waals surface area contributed by atoms with E-state index in [0.29, 0.717) is 0 Å². The Balaban J connectivity index is 1.45. The first-order valence-electron chi connectivity index (χ1n) is 8.72. The van der Waals surface area contributed by atoms with Crippen molar-refractivity contribution in [1.82, 2.24) is 10.2 Å². The average Bonchev–Trinajstić information content (AvgIpc) is 3.07. The van der Waals surface area contributed by atoms with Gasteiger partial charge in [-0.05, 0) is 53.0 Å². The van der Waals surface area contributed by atoms with Gasteiger partial charge in [0, 0.05) is 42.2 Å². The van der Waals surface area contributed by atoms with Gasteiger partial charge >= 0.3 is 0 Å². The molecule has 1 aromatic carbocycles. The van der Waals surface area contributed by atoms with E-state index in [1.807, 2.05) is 36.4 Å². The quantitative estimate of drug-likeness (QED) is 0.688. The number of rotatable bonds is 6. The fourth-order valence-corrected chi connectivity index (χ4v) is 4.46. The smallest absolute Gasteiger partial charge is 0.244 e. The third kappa shape index (κ3) is 5.43. The number of para-hydroxylation sites is 1. The molecule has 2 heterocycles. The Labute approximate surface area is 167 Å². The highest BCUT2D eigenvalue weighted by molar-refractivity contribution is 9.11. The Kier molecular flexibility index (Phi) is 6.88. The van der Waals surface area contributed by atoms with Crippen molar-refractivity contribution >= 4 is 39.2 Å². The summed E-state index contributed by atoms with van der Waals surface area (Å²) in [5.41, 5.74) is 1.21. The summed E-state index contributed by atoms with van der Waals surface area (Å²) in [6.45, 7) is 2.84. The molecular weight excluding hydrogens is 412 g/mol. The van der Waals surface area contributed by atoms with Crippen LogP contribution in [0.2, 0.25) is 0 Å². The molecule has 0 unspecified atom stereocenters. The molecule has 2 aromatic rings. The van der Waals surface area contributed by atoms with Gasteiger partial charge in [-0.15, -0.1) is 11.3 Å². The van der Waals surface area contributed by atoms with Crippen molar-refractivity contribution in [3.63, 3.8) is 0 Å². The summed E-state index contributed by atoms with van der Waals surface area (Å²) < 4.78 is 6.50. The fourth-order valence-electron chi connectivity index (χ4n) is 3.13. The zero-order chi connectivity index (χ0) is 18.4. The molecular formula is C20H23BrN2O2S. The summed E-state index contributed by atoms with van der Waals surface area (Å²) in [5, 5.41) is 3.12. The maximum atomic E-state index is 12.1. The lowest BCUT2D eigenvalue weighted by atomic mass is 10.0. The monoisotopic (exact) mass is 434 g/mol. The number of nitrogens with one attached hydrogen (secondary N) is 1. The number of benzene rings is 1. The van der Waals surface area contributed by atoms with E-state index in [1.165, 1.54) is 5.56 Å². The molecule has 0 atom stereocenters. The molecule has 26 heavy (non-hydrogen) atoms. The topological polar surface area (TPSA) is 41.6 Å². The zero-order valence-electron chi connectivity index (χ0n) is 14.8. The molecule has 0 aliphatic carbocycles. The predicted molar refractivity (Wildman–Crippen MR) is 110 cm³/mol. The molecule has 138 valence electrons. The van der Waals surface area contributed by atoms with Crippen LogP contribution in [-0.2, 0) is 11.3 Å². The van der Waals surface area contributed by atoms with Crippen LogP contribution < -0.4 is 10.1 Å². The first kappa shape index (κ1) is 19.1. The van der Waals surface area contributed by atoms with Gasteiger partial charge in [-0.1, -0.05) is 18.2 Å². The van der Waals surface area contributed by atoms with Crippen molar-refractivity contribution in [3.05, 3.63) is 56.7 Å². The minimum absolute atomic E-state index is 0.0160. The highest BCUT2D eigenvalue weighted by Crippen LogP contribution is 2.23. The summed E-state index contributed by atoms with van der Waals surface area (Å²) in [4.78, 5) is 15.6. The van der Waals surface area contributed by atoms with Crippen LogP contribution in [0.15, 0.2) is 46.3 Å². The van der Waals surface area contributed by atoms with Gasteiger partial charge in [0.05, 0.1) is 10.9 Å². The van der Waals surface area contributed by atoms with Crippen LogP contribution in [-0.4, -0.2) is 37.0 Å². The number of thiophene rings is 1. The van der Waals surface area contributed by atoms with Crippen LogP contribution in [0.3, 0.4) is 0 Å². The third-order valence-electron chi connectivity index (χ3n) is 4.51. The van der Waals surface area contributed by atoms with E-state index in [4.69, 9.17) is 4.74 Å². The Morgan fingerprint density at radius 3 is 2.77 bits per heavy atom. The van der Waals surface area contributed by atoms with Gasteiger partial charge < -0.3 is 10.1 Å². The highest BCUT2D eigenvalue weighted by Gasteiger charge is 2.20. The van der Waals surface area contributed by atoms with Crippen molar-refractivity contribution in [2.45, 2.75) is 25.4 Å². The van der Waals surface area contributed by atoms with Gasteiger partial charge in [0.15, 0.2) is 0 Å². The Hall–Kier alpha value is -1.63. The number of ether oxygens (including phenoxy) is 1. The van der Waals surface area contributed by atoms with Gasteiger partial charge in [0.25, 0.3) is 0 Å². The van der Waals surface area contributed by atoms with E-state index in [9.17, 15) is 4.79 Å². The maximum absolute atomic E-state index is 12.1. The molecule has 1 fully saturated rings. The van der Waals surface area contributed by atoms with Crippen molar-refractivity contribution in [2.75, 3.05) is 20.2 Å². The number of hydrogen-bond donors (Lipinski definition) is 1. The molecule has 0 spiro atoms. The number of amides is 1. The van der Waals surface area contributed by atoms with E-state index in [2.05, 4.69) is 32.2 Å². The summed E-state index contributed by atoms with van der Waals surface area (Å²) in [5.74, 6) is 0.922. The number of piperidine rings is 1. The van der Waals surface area contributed by atoms with Crippen LogP contribution in [0.5, 0.6) is 5.75 Å². The molecule has 6 heteroatoms. The minimum atomic E-state index is -0.0160. The maximum Gasteiger partial charge on any atom is 0.244 e. The van der Waals surface area contributed by atoms with Gasteiger partial charge in [-0.3, -0.25) is 9.69 Å². The van der Waals surface area contributed by atoms with E-state index in [1.54, 1.807) is 24.5 Å². The van der Waals surface area contributed by atoms with Crippen LogP contribution in [0.25, 0.3) is 6.08 Å².